The van der Waals surface area contributed by atoms with Gasteiger partial charge < -0.3 is 25.3 Å². The van der Waals surface area contributed by atoms with Crippen molar-refractivity contribution in [2.75, 3.05) is 47.8 Å². The molecular formula is C31H36FN7O. The van der Waals surface area contributed by atoms with Gasteiger partial charge in [-0.3, -0.25) is 4.79 Å². The standard InChI is InChI=1S/C31H36FN7O/c32-26-18-24(10-11-27(26)37-16-13-33-14-17-37)35-30-34-20-23-19-31(39(28(23)36-30)25-8-4-5-9-25)12-15-38(29(31)40)21-22-6-2-1-3-7-22/h1-3,6-7,10-11,18,20,25,33H,4-5,8-9,12-17,19,21H2,(H,34,35,36). The van der Waals surface area contributed by atoms with Crippen molar-refractivity contribution < 1.29 is 9.18 Å². The molecule has 7 rings (SSSR count). The second kappa shape index (κ2) is 10.4. The Morgan fingerprint density at radius 1 is 1.05 bits per heavy atom. The van der Waals surface area contributed by atoms with Crippen LogP contribution in [-0.2, 0) is 17.8 Å². The average molecular weight is 542 g/mol. The van der Waals surface area contributed by atoms with Crippen LogP contribution in [0.15, 0.2) is 54.7 Å². The number of nitrogens with zero attached hydrogens (tertiary/aromatic N) is 5. The maximum absolute atomic E-state index is 15.1. The number of likely N-dealkylation sites (tertiary alicyclic amines) is 1. The predicted octanol–water partition coefficient (Wildman–Crippen LogP) is 4.25. The van der Waals surface area contributed by atoms with E-state index in [2.05, 4.69) is 37.6 Å². The Kier molecular flexibility index (Phi) is 6.54. The minimum absolute atomic E-state index is 0.196. The first kappa shape index (κ1) is 25.3. The largest absolute Gasteiger partial charge is 0.367 e. The molecule has 1 saturated carbocycles. The number of fused-ring (bicyclic) bond motifs is 1. The molecule has 1 spiro atoms. The molecule has 3 fully saturated rings. The molecule has 1 aliphatic carbocycles. The van der Waals surface area contributed by atoms with E-state index in [-0.39, 0.29) is 11.7 Å². The Balaban J connectivity index is 1.15. The zero-order valence-electron chi connectivity index (χ0n) is 22.8. The number of halogens is 1. The number of piperazine rings is 1. The molecule has 208 valence electrons. The normalized spacial score (nSPS) is 22.9. The van der Waals surface area contributed by atoms with E-state index in [9.17, 15) is 4.79 Å². The number of hydrogen-bond donors (Lipinski definition) is 2. The predicted molar refractivity (Wildman–Crippen MR) is 154 cm³/mol. The van der Waals surface area contributed by atoms with Crippen LogP contribution in [-0.4, -0.2) is 65.1 Å². The van der Waals surface area contributed by atoms with E-state index in [1.807, 2.05) is 41.4 Å². The summed E-state index contributed by atoms with van der Waals surface area (Å²) in [5.74, 6) is 1.23. The van der Waals surface area contributed by atoms with Gasteiger partial charge in [0.15, 0.2) is 0 Å². The fourth-order valence-electron chi connectivity index (χ4n) is 7.12. The lowest BCUT2D eigenvalue weighted by molar-refractivity contribution is -0.132. The number of aromatic nitrogens is 2. The number of benzene rings is 2. The van der Waals surface area contributed by atoms with Crippen LogP contribution < -0.4 is 20.4 Å². The number of amides is 1. The number of nitrogens with one attached hydrogen (secondary N) is 2. The molecule has 4 heterocycles. The average Bonchev–Trinajstić information content (AvgIpc) is 3.69. The van der Waals surface area contributed by atoms with E-state index in [0.29, 0.717) is 36.3 Å². The molecule has 3 aromatic rings. The van der Waals surface area contributed by atoms with Crippen molar-refractivity contribution in [3.05, 3.63) is 71.7 Å². The lowest BCUT2D eigenvalue weighted by Gasteiger charge is -2.39. The van der Waals surface area contributed by atoms with Crippen LogP contribution in [0.2, 0.25) is 0 Å². The third kappa shape index (κ3) is 4.46. The van der Waals surface area contributed by atoms with E-state index >= 15 is 4.39 Å². The first-order chi connectivity index (χ1) is 19.6. The summed E-state index contributed by atoms with van der Waals surface area (Å²) in [5, 5.41) is 6.54. The SMILES string of the molecule is O=C1N(Cc2ccccc2)CCC12Cc1cnc(Nc3ccc(N4CCNCC4)c(F)c3)nc1N2C1CCCC1. The summed E-state index contributed by atoms with van der Waals surface area (Å²) < 4.78 is 15.1. The van der Waals surface area contributed by atoms with E-state index < -0.39 is 5.54 Å². The van der Waals surface area contributed by atoms with Gasteiger partial charge in [0.1, 0.15) is 17.2 Å². The molecule has 40 heavy (non-hydrogen) atoms. The quantitative estimate of drug-likeness (QED) is 0.483. The van der Waals surface area contributed by atoms with Crippen LogP contribution in [0, 0.1) is 5.82 Å². The van der Waals surface area contributed by atoms with Crippen LogP contribution >= 0.6 is 0 Å². The number of carbonyl (C=O) groups is 1. The third-order valence-corrected chi connectivity index (χ3v) is 9.06. The molecule has 9 heteroatoms. The Labute approximate surface area is 234 Å². The molecule has 2 N–H and O–H groups in total. The molecule has 1 aromatic heterocycles. The molecular weight excluding hydrogens is 505 g/mol. The minimum atomic E-state index is -0.601. The highest BCUT2D eigenvalue weighted by molar-refractivity contribution is 5.94. The summed E-state index contributed by atoms with van der Waals surface area (Å²) in [5.41, 5.74) is 2.81. The molecule has 8 nitrogen and oxygen atoms in total. The van der Waals surface area contributed by atoms with Crippen LogP contribution in [0.25, 0.3) is 0 Å². The van der Waals surface area contributed by atoms with Gasteiger partial charge in [0, 0.05) is 69.2 Å². The zero-order chi connectivity index (χ0) is 27.1. The number of hydrogen-bond acceptors (Lipinski definition) is 7. The number of anilines is 4. The molecule has 2 aromatic carbocycles. The summed E-state index contributed by atoms with van der Waals surface area (Å²) in [6.07, 6.45) is 7.76. The first-order valence-corrected chi connectivity index (χ1v) is 14.6. The fraction of sp³-hybridized carbons (Fsp3) is 0.452. The monoisotopic (exact) mass is 541 g/mol. The fourth-order valence-corrected chi connectivity index (χ4v) is 7.12. The second-order valence-electron chi connectivity index (χ2n) is 11.5. The van der Waals surface area contributed by atoms with Crippen LogP contribution in [0.4, 0.5) is 27.5 Å². The first-order valence-electron chi connectivity index (χ1n) is 14.6. The second-order valence-corrected chi connectivity index (χ2v) is 11.5. The maximum Gasteiger partial charge on any atom is 0.249 e. The van der Waals surface area contributed by atoms with Crippen molar-refractivity contribution in [2.24, 2.45) is 0 Å². The van der Waals surface area contributed by atoms with Gasteiger partial charge in [-0.2, -0.15) is 4.98 Å². The van der Waals surface area contributed by atoms with Gasteiger partial charge in [-0.25, -0.2) is 9.37 Å². The third-order valence-electron chi connectivity index (χ3n) is 9.06. The highest BCUT2D eigenvalue weighted by Gasteiger charge is 2.57. The van der Waals surface area contributed by atoms with Crippen molar-refractivity contribution in [3.63, 3.8) is 0 Å². The molecule has 3 aliphatic heterocycles. The molecule has 1 atom stereocenters. The molecule has 0 radical (unpaired) electrons. The van der Waals surface area contributed by atoms with Crippen LogP contribution in [0.5, 0.6) is 0 Å². The van der Waals surface area contributed by atoms with Crippen LogP contribution in [0.1, 0.15) is 43.2 Å². The van der Waals surface area contributed by atoms with Crippen molar-refractivity contribution in [1.29, 1.82) is 0 Å². The summed E-state index contributed by atoms with van der Waals surface area (Å²) in [4.78, 5) is 30.1. The topological polar surface area (TPSA) is 76.6 Å². The highest BCUT2D eigenvalue weighted by atomic mass is 19.1. The molecule has 4 aliphatic rings. The van der Waals surface area contributed by atoms with Gasteiger partial charge in [-0.05, 0) is 43.0 Å². The highest BCUT2D eigenvalue weighted by Crippen LogP contribution is 2.48. The zero-order valence-corrected chi connectivity index (χ0v) is 22.8. The summed E-state index contributed by atoms with van der Waals surface area (Å²) in [6.45, 7) is 4.66. The van der Waals surface area contributed by atoms with Crippen LogP contribution in [0.3, 0.4) is 0 Å². The Bertz CT molecular complexity index is 1390. The van der Waals surface area contributed by atoms with Crippen molar-refractivity contribution in [3.8, 4) is 0 Å². The van der Waals surface area contributed by atoms with Crippen molar-refractivity contribution in [2.45, 2.75) is 56.7 Å². The Hall–Kier alpha value is -3.72. The molecule has 0 bridgehead atoms. The minimum Gasteiger partial charge on any atom is -0.367 e. The Morgan fingerprint density at radius 2 is 1.85 bits per heavy atom. The summed E-state index contributed by atoms with van der Waals surface area (Å²) >= 11 is 0. The smallest absolute Gasteiger partial charge is 0.249 e. The summed E-state index contributed by atoms with van der Waals surface area (Å²) in [6, 6.07) is 15.7. The lowest BCUT2D eigenvalue weighted by atomic mass is 9.91. The van der Waals surface area contributed by atoms with Crippen molar-refractivity contribution in [1.82, 2.24) is 20.2 Å². The van der Waals surface area contributed by atoms with Gasteiger partial charge in [-0.1, -0.05) is 43.2 Å². The number of rotatable bonds is 6. The molecule has 1 unspecified atom stereocenters. The van der Waals surface area contributed by atoms with Gasteiger partial charge in [0.05, 0.1) is 5.69 Å². The van der Waals surface area contributed by atoms with Crippen molar-refractivity contribution >= 4 is 29.0 Å². The number of carbonyl (C=O) groups excluding carboxylic acids is 1. The van der Waals surface area contributed by atoms with E-state index in [1.165, 1.54) is 18.9 Å². The van der Waals surface area contributed by atoms with E-state index in [0.717, 1.165) is 68.9 Å². The van der Waals surface area contributed by atoms with Gasteiger partial charge >= 0.3 is 0 Å². The van der Waals surface area contributed by atoms with Gasteiger partial charge in [0.2, 0.25) is 11.9 Å². The Morgan fingerprint density at radius 3 is 2.62 bits per heavy atom. The molecule has 1 amide bonds. The van der Waals surface area contributed by atoms with E-state index in [1.54, 1.807) is 0 Å². The maximum atomic E-state index is 15.1. The summed E-state index contributed by atoms with van der Waals surface area (Å²) in [7, 11) is 0. The van der Waals surface area contributed by atoms with Gasteiger partial charge in [0.25, 0.3) is 0 Å². The molecule has 2 saturated heterocycles. The van der Waals surface area contributed by atoms with Gasteiger partial charge in [-0.15, -0.1) is 0 Å². The lowest BCUT2D eigenvalue weighted by Crippen LogP contribution is -2.56. The van der Waals surface area contributed by atoms with E-state index in [4.69, 9.17) is 4.98 Å².